The zero-order valence-electron chi connectivity index (χ0n) is 9.33. The van der Waals surface area contributed by atoms with Crippen molar-refractivity contribution in [3.05, 3.63) is 33.1 Å². The van der Waals surface area contributed by atoms with E-state index in [-0.39, 0.29) is 0 Å². The maximum absolute atomic E-state index is 11.8. The Morgan fingerprint density at radius 2 is 2.35 bits per heavy atom. The minimum Gasteiger partial charge on any atom is -0.461 e. The second-order valence-corrected chi connectivity index (χ2v) is 4.76. The summed E-state index contributed by atoms with van der Waals surface area (Å²) in [5, 5.41) is 0.521. The molecule has 4 nitrogen and oxygen atoms in total. The minimum absolute atomic E-state index is 0.327. The highest BCUT2D eigenvalue weighted by Crippen LogP contribution is 2.25. The van der Waals surface area contributed by atoms with Crippen molar-refractivity contribution in [1.82, 2.24) is 9.38 Å². The number of imidazole rings is 1. The van der Waals surface area contributed by atoms with Gasteiger partial charge >= 0.3 is 5.97 Å². The number of aryl methyl sites for hydroxylation is 1. The lowest BCUT2D eigenvalue weighted by atomic mass is 10.3. The Labute approximate surface area is 112 Å². The number of carbonyl (C=O) groups is 1. The third kappa shape index (κ3) is 2.17. The zero-order valence-corrected chi connectivity index (χ0v) is 11.7. The summed E-state index contributed by atoms with van der Waals surface area (Å²) in [4.78, 5) is 16.1. The van der Waals surface area contributed by atoms with Crippen LogP contribution in [0.15, 0.2) is 16.7 Å². The van der Waals surface area contributed by atoms with E-state index in [0.29, 0.717) is 28.7 Å². The molecule has 6 heteroatoms. The van der Waals surface area contributed by atoms with Crippen LogP contribution in [0.2, 0.25) is 5.02 Å². The average molecular weight is 318 g/mol. The van der Waals surface area contributed by atoms with Crippen LogP contribution < -0.4 is 0 Å². The van der Waals surface area contributed by atoms with E-state index in [2.05, 4.69) is 20.9 Å². The monoisotopic (exact) mass is 316 g/mol. The van der Waals surface area contributed by atoms with Gasteiger partial charge in [-0.2, -0.15) is 0 Å². The summed E-state index contributed by atoms with van der Waals surface area (Å²) >= 11 is 9.32. The molecule has 0 fully saturated rings. The molecule has 0 amide bonds. The van der Waals surface area contributed by atoms with Crippen LogP contribution in [0.25, 0.3) is 5.65 Å². The highest BCUT2D eigenvalue weighted by atomic mass is 79.9. The average Bonchev–Trinajstić information content (AvgIpc) is 2.55. The molecule has 0 N–H and O–H groups in total. The summed E-state index contributed by atoms with van der Waals surface area (Å²) in [5.74, 6) is -0.397. The van der Waals surface area contributed by atoms with Gasteiger partial charge in [0.25, 0.3) is 0 Å². The van der Waals surface area contributed by atoms with Crippen LogP contribution in [0.5, 0.6) is 0 Å². The number of pyridine rings is 1. The number of halogens is 2. The summed E-state index contributed by atoms with van der Waals surface area (Å²) in [6, 6.07) is 1.73. The third-order valence-electron chi connectivity index (χ3n) is 2.28. The van der Waals surface area contributed by atoms with Gasteiger partial charge in [-0.25, -0.2) is 9.78 Å². The molecular formula is C11H10BrClN2O2. The van der Waals surface area contributed by atoms with Gasteiger partial charge in [0.2, 0.25) is 0 Å². The Balaban J connectivity index is 2.70. The van der Waals surface area contributed by atoms with Crippen LogP contribution in [-0.4, -0.2) is 22.0 Å². The van der Waals surface area contributed by atoms with E-state index in [0.717, 1.165) is 4.47 Å². The zero-order chi connectivity index (χ0) is 12.6. The quantitative estimate of drug-likeness (QED) is 0.799. The van der Waals surface area contributed by atoms with E-state index in [4.69, 9.17) is 16.3 Å². The lowest BCUT2D eigenvalue weighted by Crippen LogP contribution is -2.09. The highest BCUT2D eigenvalue weighted by molar-refractivity contribution is 9.10. The maximum Gasteiger partial charge on any atom is 0.357 e. The molecule has 90 valence electrons. The molecule has 2 aromatic heterocycles. The topological polar surface area (TPSA) is 43.6 Å². The van der Waals surface area contributed by atoms with Crippen LogP contribution in [0.1, 0.15) is 23.1 Å². The fraction of sp³-hybridized carbons (Fsp3) is 0.273. The normalized spacial score (nSPS) is 10.8. The molecule has 0 aliphatic heterocycles. The maximum atomic E-state index is 11.8. The van der Waals surface area contributed by atoms with Gasteiger partial charge in [0.15, 0.2) is 11.3 Å². The molecule has 2 rings (SSSR count). The molecule has 0 aliphatic rings. The number of aromatic nitrogens is 2. The molecule has 0 saturated heterocycles. The molecule has 0 spiro atoms. The number of hydrogen-bond donors (Lipinski definition) is 0. The summed E-state index contributed by atoms with van der Waals surface area (Å²) in [6.45, 7) is 3.85. The molecular weight excluding hydrogens is 307 g/mol. The first-order valence-corrected chi connectivity index (χ1v) is 6.22. The van der Waals surface area contributed by atoms with Crippen molar-refractivity contribution in [2.45, 2.75) is 13.8 Å². The van der Waals surface area contributed by atoms with Gasteiger partial charge in [-0.05, 0) is 35.8 Å². The Morgan fingerprint density at radius 3 is 3.00 bits per heavy atom. The first-order valence-electron chi connectivity index (χ1n) is 5.05. The molecule has 0 radical (unpaired) electrons. The SMILES string of the molecule is CCOC(=O)c1c(C)nc2c(Br)cc(Cl)cn12. The van der Waals surface area contributed by atoms with E-state index in [9.17, 15) is 4.79 Å². The van der Waals surface area contributed by atoms with Gasteiger partial charge < -0.3 is 4.74 Å². The Hall–Kier alpha value is -1.07. The van der Waals surface area contributed by atoms with Crippen molar-refractivity contribution >= 4 is 39.1 Å². The van der Waals surface area contributed by atoms with Crippen molar-refractivity contribution in [1.29, 1.82) is 0 Å². The van der Waals surface area contributed by atoms with Crippen molar-refractivity contribution in [3.8, 4) is 0 Å². The molecule has 2 aromatic rings. The Bertz CT molecular complexity index is 595. The molecule has 0 aromatic carbocycles. The molecule has 0 aliphatic carbocycles. The van der Waals surface area contributed by atoms with E-state index in [1.165, 1.54) is 0 Å². The van der Waals surface area contributed by atoms with E-state index in [1.54, 1.807) is 30.5 Å². The molecule has 0 unspecified atom stereocenters. The van der Waals surface area contributed by atoms with Gasteiger partial charge in [-0.1, -0.05) is 11.6 Å². The first kappa shape index (κ1) is 12.4. The number of hydrogen-bond acceptors (Lipinski definition) is 3. The Kier molecular flexibility index (Phi) is 3.40. The van der Waals surface area contributed by atoms with Crippen molar-refractivity contribution in [3.63, 3.8) is 0 Å². The fourth-order valence-corrected chi connectivity index (χ4v) is 2.50. The lowest BCUT2D eigenvalue weighted by Gasteiger charge is -2.03. The largest absolute Gasteiger partial charge is 0.461 e. The molecule has 17 heavy (non-hydrogen) atoms. The standard InChI is InChI=1S/C11H10BrClN2O2/c1-3-17-11(16)9-6(2)14-10-8(12)4-7(13)5-15(9)10/h4-5H,3H2,1-2H3. The highest BCUT2D eigenvalue weighted by Gasteiger charge is 2.19. The number of rotatable bonds is 2. The lowest BCUT2D eigenvalue weighted by molar-refractivity contribution is 0.0517. The van der Waals surface area contributed by atoms with Gasteiger partial charge in [0.05, 0.1) is 21.8 Å². The predicted molar refractivity (Wildman–Crippen MR) is 68.6 cm³/mol. The Morgan fingerprint density at radius 1 is 1.65 bits per heavy atom. The van der Waals surface area contributed by atoms with Crippen LogP contribution in [0, 0.1) is 6.92 Å². The number of fused-ring (bicyclic) bond motifs is 1. The smallest absolute Gasteiger partial charge is 0.357 e. The third-order valence-corrected chi connectivity index (χ3v) is 3.08. The van der Waals surface area contributed by atoms with Gasteiger partial charge in [-0.3, -0.25) is 4.40 Å². The van der Waals surface area contributed by atoms with Crippen molar-refractivity contribution in [2.24, 2.45) is 0 Å². The van der Waals surface area contributed by atoms with Crippen LogP contribution >= 0.6 is 27.5 Å². The minimum atomic E-state index is -0.397. The molecule has 0 saturated carbocycles. The van der Waals surface area contributed by atoms with Crippen molar-refractivity contribution in [2.75, 3.05) is 6.61 Å². The van der Waals surface area contributed by atoms with Gasteiger partial charge in [0, 0.05) is 6.20 Å². The number of carbonyl (C=O) groups excluding carboxylic acids is 1. The number of esters is 1. The van der Waals surface area contributed by atoms with Crippen LogP contribution in [0.3, 0.4) is 0 Å². The molecule has 2 heterocycles. The predicted octanol–water partition coefficient (Wildman–Crippen LogP) is 3.24. The molecule has 0 atom stereocenters. The number of nitrogens with zero attached hydrogens (tertiary/aromatic N) is 2. The second kappa shape index (κ2) is 4.66. The summed E-state index contributed by atoms with van der Waals surface area (Å²) in [6.07, 6.45) is 1.65. The first-order chi connectivity index (χ1) is 8.04. The van der Waals surface area contributed by atoms with Crippen LogP contribution in [0.4, 0.5) is 0 Å². The van der Waals surface area contributed by atoms with E-state index >= 15 is 0 Å². The van der Waals surface area contributed by atoms with Gasteiger partial charge in [0.1, 0.15) is 0 Å². The number of ether oxygens (including phenoxy) is 1. The van der Waals surface area contributed by atoms with Crippen LogP contribution in [-0.2, 0) is 4.74 Å². The second-order valence-electron chi connectivity index (χ2n) is 3.47. The van der Waals surface area contributed by atoms with Gasteiger partial charge in [-0.15, -0.1) is 0 Å². The van der Waals surface area contributed by atoms with Crippen molar-refractivity contribution < 1.29 is 9.53 Å². The fourth-order valence-electron chi connectivity index (χ4n) is 1.63. The van der Waals surface area contributed by atoms with E-state index in [1.807, 2.05) is 0 Å². The molecule has 0 bridgehead atoms. The summed E-state index contributed by atoms with van der Waals surface area (Å²) in [7, 11) is 0. The van der Waals surface area contributed by atoms with E-state index < -0.39 is 5.97 Å². The summed E-state index contributed by atoms with van der Waals surface area (Å²) < 4.78 is 7.37. The summed E-state index contributed by atoms with van der Waals surface area (Å²) in [5.41, 5.74) is 1.67.